The molecule has 1 saturated carbocycles. The molecule has 3 atom stereocenters. The Morgan fingerprint density at radius 1 is 1.47 bits per heavy atom. The van der Waals surface area contributed by atoms with Crippen LogP contribution >= 0.6 is 0 Å². The van der Waals surface area contributed by atoms with Crippen molar-refractivity contribution in [3.63, 3.8) is 0 Å². The Morgan fingerprint density at radius 2 is 2.07 bits per heavy atom. The van der Waals surface area contributed by atoms with E-state index in [1.54, 1.807) is 0 Å². The Kier molecular flexibility index (Phi) is 3.72. The fourth-order valence-corrected chi connectivity index (χ4v) is 2.06. The summed E-state index contributed by atoms with van der Waals surface area (Å²) in [6.45, 7) is 0. The molecule has 7 heteroatoms. The van der Waals surface area contributed by atoms with E-state index in [9.17, 15) is 9.90 Å². The minimum absolute atomic E-state index is 0.0223. The topological polar surface area (TPSA) is 124 Å². The number of rotatable bonds is 4. The van der Waals surface area contributed by atoms with Gasteiger partial charge in [0.2, 0.25) is 0 Å². The molecule has 0 aromatic carbocycles. The third kappa shape index (κ3) is 2.91. The van der Waals surface area contributed by atoms with Crippen LogP contribution in [0.4, 0.5) is 0 Å². The summed E-state index contributed by atoms with van der Waals surface area (Å²) in [5.74, 6) is -1.39. The molecule has 0 saturated heterocycles. The Balaban J connectivity index is 2.53. The summed E-state index contributed by atoms with van der Waals surface area (Å²) in [4.78, 5) is 10.8. The lowest BCUT2D eigenvalue weighted by Crippen LogP contribution is -2.45. The second kappa shape index (κ2) is 4.48. The predicted octanol–water partition coefficient (Wildman–Crippen LogP) is -1.60. The van der Waals surface area contributed by atoms with Crippen molar-refractivity contribution >= 4 is 13.1 Å². The van der Waals surface area contributed by atoms with Gasteiger partial charge in [0.15, 0.2) is 0 Å². The molecule has 3 unspecified atom stereocenters. The van der Waals surface area contributed by atoms with Crippen molar-refractivity contribution < 1.29 is 25.1 Å². The van der Waals surface area contributed by atoms with Crippen molar-refractivity contribution in [2.75, 3.05) is 0 Å². The number of aliphatic hydroxyl groups is 1. The van der Waals surface area contributed by atoms with E-state index in [-0.39, 0.29) is 25.1 Å². The highest BCUT2D eigenvalue weighted by Gasteiger charge is 2.47. The molecule has 86 valence electrons. The smallest absolute Gasteiger partial charge is 0.451 e. The van der Waals surface area contributed by atoms with Gasteiger partial charge in [-0.3, -0.25) is 4.79 Å². The van der Waals surface area contributed by atoms with Crippen molar-refractivity contribution in [3.8, 4) is 0 Å². The van der Waals surface area contributed by atoms with E-state index in [0.29, 0.717) is 6.42 Å². The second-order valence-corrected chi connectivity index (χ2v) is 4.25. The van der Waals surface area contributed by atoms with E-state index in [0.717, 1.165) is 0 Å². The summed E-state index contributed by atoms with van der Waals surface area (Å²) in [5.41, 5.74) is 4.23. The number of hydrogen-bond donors (Lipinski definition) is 5. The molecular formula is C8H16BNO5. The van der Waals surface area contributed by atoms with Crippen molar-refractivity contribution in [1.82, 2.24) is 0 Å². The fourth-order valence-electron chi connectivity index (χ4n) is 2.06. The van der Waals surface area contributed by atoms with Crippen LogP contribution in [0.15, 0.2) is 0 Å². The monoisotopic (exact) mass is 217 g/mol. The SMILES string of the molecule is NC1(C(=O)O)CC(O)C(CCB(O)O)C1. The lowest BCUT2D eigenvalue weighted by atomic mass is 9.80. The fraction of sp³-hybridized carbons (Fsp3) is 0.875. The zero-order valence-corrected chi connectivity index (χ0v) is 8.33. The van der Waals surface area contributed by atoms with Crippen LogP contribution in [0.2, 0.25) is 6.32 Å². The van der Waals surface area contributed by atoms with Crippen LogP contribution in [0.1, 0.15) is 19.3 Å². The number of hydrogen-bond acceptors (Lipinski definition) is 5. The summed E-state index contributed by atoms with van der Waals surface area (Å²) in [7, 11) is -1.42. The Bertz CT molecular complexity index is 249. The number of aliphatic carboxylic acids is 1. The normalized spacial score (nSPS) is 35.5. The van der Waals surface area contributed by atoms with Crippen LogP contribution < -0.4 is 5.73 Å². The minimum atomic E-state index is -1.42. The van der Waals surface area contributed by atoms with E-state index in [1.165, 1.54) is 0 Å². The quantitative estimate of drug-likeness (QED) is 0.361. The maximum atomic E-state index is 10.8. The molecule has 0 aromatic rings. The standard InChI is InChI=1S/C8H16BNO5/c10-8(7(12)13)3-5(6(11)4-8)1-2-9(14)15/h5-6,11,14-15H,1-4,10H2,(H,12,13). The molecule has 6 nitrogen and oxygen atoms in total. The van der Waals surface area contributed by atoms with Gasteiger partial charge in [0.25, 0.3) is 0 Å². The average Bonchev–Trinajstić information content (AvgIpc) is 2.39. The molecule has 1 aliphatic carbocycles. The van der Waals surface area contributed by atoms with Crippen LogP contribution in [0, 0.1) is 5.92 Å². The molecule has 1 fully saturated rings. The molecule has 0 aliphatic heterocycles. The highest BCUT2D eigenvalue weighted by Crippen LogP contribution is 2.36. The zero-order chi connectivity index (χ0) is 11.6. The number of aliphatic hydroxyl groups excluding tert-OH is 1. The highest BCUT2D eigenvalue weighted by molar-refractivity contribution is 6.40. The predicted molar refractivity (Wildman–Crippen MR) is 52.9 cm³/mol. The molecule has 6 N–H and O–H groups in total. The molecule has 0 spiro atoms. The van der Waals surface area contributed by atoms with Gasteiger partial charge < -0.3 is 26.0 Å². The van der Waals surface area contributed by atoms with Crippen LogP contribution in [-0.4, -0.2) is 45.0 Å². The molecule has 1 aliphatic rings. The molecular weight excluding hydrogens is 201 g/mol. The van der Waals surface area contributed by atoms with Crippen molar-refractivity contribution in [2.24, 2.45) is 11.7 Å². The van der Waals surface area contributed by atoms with Crippen molar-refractivity contribution in [1.29, 1.82) is 0 Å². The van der Waals surface area contributed by atoms with Crippen LogP contribution in [0.3, 0.4) is 0 Å². The lowest BCUT2D eigenvalue weighted by Gasteiger charge is -2.17. The van der Waals surface area contributed by atoms with Crippen molar-refractivity contribution in [2.45, 2.75) is 37.2 Å². The first-order valence-corrected chi connectivity index (χ1v) is 4.91. The third-order valence-corrected chi connectivity index (χ3v) is 2.97. The molecule has 15 heavy (non-hydrogen) atoms. The maximum absolute atomic E-state index is 10.8. The Labute approximate surface area is 87.9 Å². The summed E-state index contributed by atoms with van der Waals surface area (Å²) < 4.78 is 0. The van der Waals surface area contributed by atoms with Crippen molar-refractivity contribution in [3.05, 3.63) is 0 Å². The lowest BCUT2D eigenvalue weighted by molar-refractivity contribution is -0.143. The summed E-state index contributed by atoms with van der Waals surface area (Å²) in [5, 5.41) is 35.8. The van der Waals surface area contributed by atoms with Gasteiger partial charge in [-0.15, -0.1) is 0 Å². The molecule has 0 bridgehead atoms. The Hall–Kier alpha value is -0.625. The van der Waals surface area contributed by atoms with Gasteiger partial charge in [0.05, 0.1) is 6.10 Å². The largest absolute Gasteiger partial charge is 0.480 e. The molecule has 0 aromatic heterocycles. The van der Waals surface area contributed by atoms with Gasteiger partial charge >= 0.3 is 13.1 Å². The number of carbonyl (C=O) groups is 1. The average molecular weight is 217 g/mol. The third-order valence-electron chi connectivity index (χ3n) is 2.97. The van der Waals surface area contributed by atoms with Crippen LogP contribution in [-0.2, 0) is 4.79 Å². The van der Waals surface area contributed by atoms with E-state index >= 15 is 0 Å². The van der Waals surface area contributed by atoms with E-state index in [1.807, 2.05) is 0 Å². The van der Waals surface area contributed by atoms with Gasteiger partial charge in [-0.1, -0.05) is 0 Å². The van der Waals surface area contributed by atoms with Gasteiger partial charge in [-0.25, -0.2) is 0 Å². The van der Waals surface area contributed by atoms with Gasteiger partial charge in [-0.2, -0.15) is 0 Å². The number of nitrogens with two attached hydrogens (primary N) is 1. The summed E-state index contributed by atoms with van der Waals surface area (Å²) in [6, 6.07) is 0. The summed E-state index contributed by atoms with van der Waals surface area (Å²) in [6.07, 6.45) is -0.0856. The van der Waals surface area contributed by atoms with Gasteiger partial charge in [0.1, 0.15) is 5.54 Å². The van der Waals surface area contributed by atoms with E-state index in [2.05, 4.69) is 0 Å². The second-order valence-electron chi connectivity index (χ2n) is 4.25. The Morgan fingerprint density at radius 3 is 2.47 bits per heavy atom. The first-order chi connectivity index (χ1) is 6.85. The molecule has 1 rings (SSSR count). The number of carboxylic acid groups (broad SMARTS) is 1. The first kappa shape index (κ1) is 12.4. The van der Waals surface area contributed by atoms with E-state index < -0.39 is 24.7 Å². The van der Waals surface area contributed by atoms with Gasteiger partial charge in [0, 0.05) is 6.42 Å². The maximum Gasteiger partial charge on any atom is 0.451 e. The van der Waals surface area contributed by atoms with E-state index in [4.69, 9.17) is 20.9 Å². The molecule has 0 heterocycles. The van der Waals surface area contributed by atoms with Crippen LogP contribution in [0.5, 0.6) is 0 Å². The zero-order valence-electron chi connectivity index (χ0n) is 8.33. The molecule has 0 amide bonds. The number of carboxylic acids is 1. The highest BCUT2D eigenvalue weighted by atomic mass is 16.4. The van der Waals surface area contributed by atoms with Crippen LogP contribution in [0.25, 0.3) is 0 Å². The van der Waals surface area contributed by atoms with Gasteiger partial charge in [-0.05, 0) is 25.1 Å². The molecule has 0 radical (unpaired) electrons. The minimum Gasteiger partial charge on any atom is -0.480 e. The first-order valence-electron chi connectivity index (χ1n) is 4.91. The summed E-state index contributed by atoms with van der Waals surface area (Å²) >= 11 is 0.